The Hall–Kier alpha value is -2.34. The molecule has 2 atom stereocenters. The third-order valence-corrected chi connectivity index (χ3v) is 4.86. The lowest BCUT2D eigenvalue weighted by Crippen LogP contribution is -2.43. The standard InChI is InChI=1S/C19H26N4O2/c1-14(16-12-20-22(2)13-16)21-19(25)23(10-5-11-24)18-9-8-15-6-3-4-7-17(15)18/h3-4,6-7,12-14,18,24H,5,8-11H2,1-2H3,(H,21,25)/t14-,18-/m0/s1. The van der Waals surface area contributed by atoms with Crippen LogP contribution in [-0.4, -0.2) is 39.0 Å². The van der Waals surface area contributed by atoms with E-state index >= 15 is 0 Å². The molecule has 2 aromatic rings. The third kappa shape index (κ3) is 3.85. The van der Waals surface area contributed by atoms with Gasteiger partial charge in [-0.05, 0) is 37.3 Å². The number of rotatable bonds is 6. The molecule has 25 heavy (non-hydrogen) atoms. The summed E-state index contributed by atoms with van der Waals surface area (Å²) in [4.78, 5) is 14.8. The number of amides is 2. The first-order valence-corrected chi connectivity index (χ1v) is 8.84. The summed E-state index contributed by atoms with van der Waals surface area (Å²) in [7, 11) is 1.86. The second-order valence-corrected chi connectivity index (χ2v) is 6.64. The maximum atomic E-state index is 12.9. The van der Waals surface area contributed by atoms with Crippen LogP contribution in [0.2, 0.25) is 0 Å². The maximum absolute atomic E-state index is 12.9. The van der Waals surface area contributed by atoms with Gasteiger partial charge in [0.15, 0.2) is 0 Å². The van der Waals surface area contributed by atoms with Crippen molar-refractivity contribution in [3.05, 3.63) is 53.3 Å². The number of carbonyl (C=O) groups is 1. The minimum Gasteiger partial charge on any atom is -0.396 e. The predicted molar refractivity (Wildman–Crippen MR) is 96.1 cm³/mol. The molecule has 1 aliphatic carbocycles. The van der Waals surface area contributed by atoms with Gasteiger partial charge in [0.1, 0.15) is 0 Å². The van der Waals surface area contributed by atoms with Crippen LogP contribution in [0.4, 0.5) is 4.79 Å². The molecule has 1 aromatic heterocycles. The minimum atomic E-state index is -0.116. The molecule has 0 spiro atoms. The highest BCUT2D eigenvalue weighted by atomic mass is 16.3. The molecular formula is C19H26N4O2. The number of urea groups is 1. The van der Waals surface area contributed by atoms with Crippen molar-refractivity contribution in [2.75, 3.05) is 13.2 Å². The van der Waals surface area contributed by atoms with Gasteiger partial charge in [0.2, 0.25) is 0 Å². The summed E-state index contributed by atoms with van der Waals surface area (Å²) in [6.45, 7) is 2.58. The first-order valence-electron chi connectivity index (χ1n) is 8.84. The number of aliphatic hydroxyl groups is 1. The average molecular weight is 342 g/mol. The van der Waals surface area contributed by atoms with E-state index in [9.17, 15) is 9.90 Å². The monoisotopic (exact) mass is 342 g/mol. The molecule has 134 valence electrons. The molecule has 0 aliphatic heterocycles. The van der Waals surface area contributed by atoms with Gasteiger partial charge in [-0.15, -0.1) is 0 Å². The Balaban J connectivity index is 1.75. The Labute approximate surface area is 148 Å². The van der Waals surface area contributed by atoms with E-state index in [1.165, 1.54) is 11.1 Å². The predicted octanol–water partition coefficient (Wildman–Crippen LogP) is 2.56. The summed E-state index contributed by atoms with van der Waals surface area (Å²) in [6.07, 6.45) is 6.18. The lowest BCUT2D eigenvalue weighted by Gasteiger charge is -2.31. The molecule has 1 aromatic carbocycles. The molecule has 2 N–H and O–H groups in total. The highest BCUT2D eigenvalue weighted by molar-refractivity contribution is 5.75. The van der Waals surface area contributed by atoms with Crippen molar-refractivity contribution in [1.29, 1.82) is 0 Å². The average Bonchev–Trinajstić information content (AvgIpc) is 3.22. The van der Waals surface area contributed by atoms with E-state index in [-0.39, 0.29) is 24.7 Å². The zero-order valence-electron chi connectivity index (χ0n) is 14.9. The van der Waals surface area contributed by atoms with Crippen LogP contribution in [0.25, 0.3) is 0 Å². The van der Waals surface area contributed by atoms with E-state index in [0.717, 1.165) is 18.4 Å². The second-order valence-electron chi connectivity index (χ2n) is 6.64. The van der Waals surface area contributed by atoms with Gasteiger partial charge in [-0.2, -0.15) is 5.10 Å². The maximum Gasteiger partial charge on any atom is 0.318 e. The molecule has 6 nitrogen and oxygen atoms in total. The molecular weight excluding hydrogens is 316 g/mol. The van der Waals surface area contributed by atoms with Crippen LogP contribution in [0.1, 0.15) is 48.5 Å². The van der Waals surface area contributed by atoms with Crippen molar-refractivity contribution >= 4 is 6.03 Å². The number of benzene rings is 1. The first kappa shape index (κ1) is 17.5. The summed E-state index contributed by atoms with van der Waals surface area (Å²) in [5.41, 5.74) is 3.52. The van der Waals surface area contributed by atoms with Crippen LogP contribution in [0, 0.1) is 0 Å². The van der Waals surface area contributed by atoms with E-state index in [0.29, 0.717) is 13.0 Å². The van der Waals surface area contributed by atoms with Crippen molar-refractivity contribution in [3.8, 4) is 0 Å². The lowest BCUT2D eigenvalue weighted by atomic mass is 10.1. The smallest absolute Gasteiger partial charge is 0.318 e. The van der Waals surface area contributed by atoms with Gasteiger partial charge in [0, 0.05) is 32.0 Å². The summed E-state index contributed by atoms with van der Waals surface area (Å²) >= 11 is 0. The van der Waals surface area contributed by atoms with E-state index < -0.39 is 0 Å². The number of hydrogen-bond acceptors (Lipinski definition) is 3. The number of nitrogens with zero attached hydrogens (tertiary/aromatic N) is 3. The molecule has 0 radical (unpaired) electrons. The molecule has 0 unspecified atom stereocenters. The summed E-state index contributed by atoms with van der Waals surface area (Å²) < 4.78 is 1.73. The van der Waals surface area contributed by atoms with Gasteiger partial charge in [-0.1, -0.05) is 24.3 Å². The Bertz CT molecular complexity index is 728. The fourth-order valence-corrected chi connectivity index (χ4v) is 3.51. The molecule has 3 rings (SSSR count). The summed E-state index contributed by atoms with van der Waals surface area (Å²) in [6, 6.07) is 8.18. The fourth-order valence-electron chi connectivity index (χ4n) is 3.51. The molecule has 2 amide bonds. The van der Waals surface area contributed by atoms with Crippen molar-refractivity contribution in [2.45, 2.75) is 38.3 Å². The second kappa shape index (κ2) is 7.70. The van der Waals surface area contributed by atoms with Crippen LogP contribution in [0.3, 0.4) is 0 Å². The van der Waals surface area contributed by atoms with Gasteiger partial charge in [0.05, 0.1) is 18.3 Å². The number of fused-ring (bicyclic) bond motifs is 1. The number of hydrogen-bond donors (Lipinski definition) is 2. The van der Waals surface area contributed by atoms with Gasteiger partial charge in [0.25, 0.3) is 0 Å². The van der Waals surface area contributed by atoms with Crippen molar-refractivity contribution in [1.82, 2.24) is 20.0 Å². The Kier molecular flexibility index (Phi) is 5.38. The third-order valence-electron chi connectivity index (χ3n) is 4.86. The Morgan fingerprint density at radius 1 is 1.48 bits per heavy atom. The Morgan fingerprint density at radius 3 is 3.00 bits per heavy atom. The van der Waals surface area contributed by atoms with Crippen molar-refractivity contribution in [2.24, 2.45) is 7.05 Å². The molecule has 1 aliphatic rings. The van der Waals surface area contributed by atoms with Crippen LogP contribution in [0.5, 0.6) is 0 Å². The number of aliphatic hydroxyl groups excluding tert-OH is 1. The lowest BCUT2D eigenvalue weighted by molar-refractivity contribution is 0.162. The highest BCUT2D eigenvalue weighted by Gasteiger charge is 2.31. The zero-order valence-corrected chi connectivity index (χ0v) is 14.9. The van der Waals surface area contributed by atoms with Crippen LogP contribution in [0.15, 0.2) is 36.7 Å². The van der Waals surface area contributed by atoms with Crippen LogP contribution in [-0.2, 0) is 13.5 Å². The van der Waals surface area contributed by atoms with E-state index in [1.807, 2.05) is 37.2 Å². The molecule has 6 heteroatoms. The van der Waals surface area contributed by atoms with E-state index in [4.69, 9.17) is 0 Å². The summed E-state index contributed by atoms with van der Waals surface area (Å²) in [5.74, 6) is 0. The minimum absolute atomic E-state index is 0.0730. The SMILES string of the molecule is C[C@H](NC(=O)N(CCCO)[C@H]1CCc2ccccc21)c1cnn(C)c1. The first-order chi connectivity index (χ1) is 12.1. The number of aryl methyl sites for hydroxylation is 2. The fraction of sp³-hybridized carbons (Fsp3) is 0.474. The zero-order chi connectivity index (χ0) is 17.8. The molecule has 1 heterocycles. The number of aromatic nitrogens is 2. The van der Waals surface area contributed by atoms with Crippen molar-refractivity contribution in [3.63, 3.8) is 0 Å². The molecule has 0 fully saturated rings. The molecule has 0 saturated heterocycles. The quantitative estimate of drug-likeness (QED) is 0.847. The van der Waals surface area contributed by atoms with Gasteiger partial charge in [-0.3, -0.25) is 4.68 Å². The largest absolute Gasteiger partial charge is 0.396 e. The van der Waals surface area contributed by atoms with Gasteiger partial charge >= 0.3 is 6.03 Å². The van der Waals surface area contributed by atoms with Crippen LogP contribution >= 0.6 is 0 Å². The van der Waals surface area contributed by atoms with Gasteiger partial charge < -0.3 is 15.3 Å². The topological polar surface area (TPSA) is 70.4 Å². The molecule has 0 saturated carbocycles. The van der Waals surface area contributed by atoms with E-state index in [1.54, 1.807) is 10.9 Å². The highest BCUT2D eigenvalue weighted by Crippen LogP contribution is 2.35. The number of nitrogens with one attached hydrogen (secondary N) is 1. The van der Waals surface area contributed by atoms with E-state index in [2.05, 4.69) is 22.5 Å². The molecule has 0 bridgehead atoms. The Morgan fingerprint density at radius 2 is 2.28 bits per heavy atom. The normalized spacial score (nSPS) is 17.2. The number of carbonyl (C=O) groups excluding carboxylic acids is 1. The van der Waals surface area contributed by atoms with Crippen LogP contribution < -0.4 is 5.32 Å². The van der Waals surface area contributed by atoms with Crippen molar-refractivity contribution < 1.29 is 9.90 Å². The summed E-state index contributed by atoms with van der Waals surface area (Å²) in [5, 5.41) is 16.5. The van der Waals surface area contributed by atoms with Gasteiger partial charge in [-0.25, -0.2) is 4.79 Å².